The van der Waals surface area contributed by atoms with Crippen molar-refractivity contribution in [2.75, 3.05) is 11.4 Å². The number of hydrogen-bond donors (Lipinski definition) is 0. The van der Waals surface area contributed by atoms with Crippen LogP contribution < -0.4 is 4.90 Å². The topological polar surface area (TPSA) is 37.4 Å². The molecule has 2 rings (SSSR count). The van der Waals surface area contributed by atoms with Crippen molar-refractivity contribution in [3.8, 4) is 0 Å². The van der Waals surface area contributed by atoms with Crippen molar-refractivity contribution in [1.82, 2.24) is 0 Å². The van der Waals surface area contributed by atoms with Gasteiger partial charge in [0, 0.05) is 13.0 Å². The van der Waals surface area contributed by atoms with Crippen LogP contribution in [0.4, 0.5) is 5.69 Å². The fourth-order valence-electron chi connectivity index (χ4n) is 1.47. The van der Waals surface area contributed by atoms with Crippen LogP contribution in [0, 0.1) is 0 Å². The summed E-state index contributed by atoms with van der Waals surface area (Å²) in [5, 5.41) is 0.496. The van der Waals surface area contributed by atoms with E-state index in [0.29, 0.717) is 17.3 Å². The van der Waals surface area contributed by atoms with Gasteiger partial charge in [-0.3, -0.25) is 9.59 Å². The molecule has 3 nitrogen and oxygen atoms in total. The maximum absolute atomic E-state index is 11.4. The molecule has 0 N–H and O–H groups in total. The largest absolute Gasteiger partial charge is 0.304 e. The third-order valence-corrected chi connectivity index (χ3v) is 2.51. The number of hydrogen-bond acceptors (Lipinski definition) is 2. The fourth-order valence-corrected chi connectivity index (χ4v) is 1.71. The van der Waals surface area contributed by atoms with E-state index in [2.05, 4.69) is 0 Å². The van der Waals surface area contributed by atoms with Gasteiger partial charge in [0.1, 0.15) is 0 Å². The van der Waals surface area contributed by atoms with Gasteiger partial charge in [0.05, 0.1) is 10.7 Å². The first-order valence-electron chi connectivity index (χ1n) is 4.29. The average molecular weight is 210 g/mol. The molecule has 0 bridgehead atoms. The van der Waals surface area contributed by atoms with Gasteiger partial charge in [-0.15, -0.1) is 0 Å². The molecule has 4 heteroatoms. The molecule has 1 aromatic carbocycles. The van der Waals surface area contributed by atoms with Gasteiger partial charge in [0.2, 0.25) is 5.78 Å². The zero-order valence-corrected chi connectivity index (χ0v) is 8.12. The molecule has 1 amide bonds. The predicted octanol–water partition coefficient (Wildman–Crippen LogP) is 1.65. The average Bonchev–Trinajstić information content (AvgIpc) is 2.49. The minimum atomic E-state index is -0.460. The number of para-hydroxylation sites is 1. The third-order valence-electron chi connectivity index (χ3n) is 2.19. The van der Waals surface area contributed by atoms with Crippen LogP contribution in [0.25, 0.3) is 0 Å². The molecule has 72 valence electrons. The van der Waals surface area contributed by atoms with Gasteiger partial charge in [-0.05, 0) is 12.1 Å². The Morgan fingerprint density at radius 3 is 2.50 bits per heavy atom. The van der Waals surface area contributed by atoms with Crippen LogP contribution in [0.15, 0.2) is 24.3 Å². The van der Waals surface area contributed by atoms with E-state index in [9.17, 15) is 9.59 Å². The third kappa shape index (κ3) is 1.40. The number of carbonyl (C=O) groups is 2. The van der Waals surface area contributed by atoms with E-state index >= 15 is 0 Å². The summed E-state index contributed by atoms with van der Waals surface area (Å²) >= 11 is 5.91. The molecule has 14 heavy (non-hydrogen) atoms. The van der Waals surface area contributed by atoms with E-state index in [1.54, 1.807) is 24.3 Å². The summed E-state index contributed by atoms with van der Waals surface area (Å²) in [6, 6.07) is 7.01. The van der Waals surface area contributed by atoms with E-state index in [4.69, 9.17) is 11.6 Å². The van der Waals surface area contributed by atoms with Crippen molar-refractivity contribution in [3.63, 3.8) is 0 Å². The highest BCUT2D eigenvalue weighted by atomic mass is 35.5. The molecular weight excluding hydrogens is 202 g/mol. The molecule has 0 radical (unpaired) electrons. The molecule has 0 spiro atoms. The SMILES string of the molecule is O=C1CCN(c2ccccc2Cl)C1=O. The van der Waals surface area contributed by atoms with Gasteiger partial charge >= 0.3 is 0 Å². The van der Waals surface area contributed by atoms with Crippen LogP contribution in [0.2, 0.25) is 5.02 Å². The molecule has 1 saturated heterocycles. The van der Waals surface area contributed by atoms with Crippen LogP contribution in [-0.2, 0) is 9.59 Å². The van der Waals surface area contributed by atoms with Gasteiger partial charge in [-0.25, -0.2) is 0 Å². The number of anilines is 1. The second-order valence-electron chi connectivity index (χ2n) is 3.08. The summed E-state index contributed by atoms with van der Waals surface area (Å²) < 4.78 is 0. The predicted molar refractivity (Wildman–Crippen MR) is 53.4 cm³/mol. The minimum Gasteiger partial charge on any atom is -0.304 e. The van der Waals surface area contributed by atoms with Gasteiger partial charge in [-0.1, -0.05) is 23.7 Å². The number of carbonyl (C=O) groups excluding carboxylic acids is 2. The van der Waals surface area contributed by atoms with E-state index in [1.165, 1.54) is 4.90 Å². The first kappa shape index (κ1) is 9.21. The lowest BCUT2D eigenvalue weighted by Crippen LogP contribution is -2.27. The molecule has 0 aliphatic carbocycles. The minimum absolute atomic E-state index is 0.282. The Kier molecular flexibility index (Phi) is 2.25. The van der Waals surface area contributed by atoms with E-state index in [0.717, 1.165) is 0 Å². The maximum Gasteiger partial charge on any atom is 0.294 e. The molecule has 1 heterocycles. The first-order valence-corrected chi connectivity index (χ1v) is 4.67. The van der Waals surface area contributed by atoms with Crippen molar-refractivity contribution in [1.29, 1.82) is 0 Å². The molecule has 1 aromatic rings. The normalized spacial score (nSPS) is 16.5. The molecule has 0 aromatic heterocycles. The molecule has 0 unspecified atom stereocenters. The highest BCUT2D eigenvalue weighted by Gasteiger charge is 2.31. The van der Waals surface area contributed by atoms with Crippen molar-refractivity contribution in [2.45, 2.75) is 6.42 Å². The van der Waals surface area contributed by atoms with Crippen molar-refractivity contribution in [2.24, 2.45) is 0 Å². The number of benzene rings is 1. The lowest BCUT2D eigenvalue weighted by Gasteiger charge is -2.15. The van der Waals surface area contributed by atoms with Crippen molar-refractivity contribution >= 4 is 29.0 Å². The smallest absolute Gasteiger partial charge is 0.294 e. The Morgan fingerprint density at radius 1 is 1.21 bits per heavy atom. The maximum atomic E-state index is 11.4. The van der Waals surface area contributed by atoms with Crippen LogP contribution in [0.1, 0.15) is 6.42 Å². The summed E-state index contributed by atoms with van der Waals surface area (Å²) in [5.41, 5.74) is 0.616. The zero-order chi connectivity index (χ0) is 10.1. The van der Waals surface area contributed by atoms with Crippen LogP contribution in [-0.4, -0.2) is 18.2 Å². The van der Waals surface area contributed by atoms with E-state index < -0.39 is 5.91 Å². The number of ketones is 1. The summed E-state index contributed by atoms with van der Waals surface area (Å²) in [6.45, 7) is 0.432. The number of rotatable bonds is 1. The molecular formula is C10H8ClNO2. The van der Waals surface area contributed by atoms with Gasteiger partial charge < -0.3 is 4.90 Å². The van der Waals surface area contributed by atoms with Gasteiger partial charge in [-0.2, -0.15) is 0 Å². The summed E-state index contributed by atoms with van der Waals surface area (Å²) in [6.07, 6.45) is 0.282. The number of nitrogens with zero attached hydrogens (tertiary/aromatic N) is 1. The lowest BCUT2D eigenvalue weighted by molar-refractivity contribution is -0.133. The van der Waals surface area contributed by atoms with Gasteiger partial charge in [0.15, 0.2) is 0 Å². The summed E-state index contributed by atoms with van der Waals surface area (Å²) in [4.78, 5) is 23.8. The van der Waals surface area contributed by atoms with Crippen LogP contribution in [0.5, 0.6) is 0 Å². The standard InChI is InChI=1S/C10H8ClNO2/c11-7-3-1-2-4-8(7)12-6-5-9(13)10(12)14/h1-4H,5-6H2. The van der Waals surface area contributed by atoms with Crippen LogP contribution in [0.3, 0.4) is 0 Å². The fraction of sp³-hybridized carbons (Fsp3) is 0.200. The molecule has 0 atom stereocenters. The second kappa shape index (κ2) is 3.42. The van der Waals surface area contributed by atoms with Gasteiger partial charge in [0.25, 0.3) is 5.91 Å². The Balaban J connectivity index is 2.37. The Labute approximate surface area is 86.3 Å². The zero-order valence-electron chi connectivity index (χ0n) is 7.37. The van der Waals surface area contributed by atoms with Crippen molar-refractivity contribution in [3.05, 3.63) is 29.3 Å². The molecule has 1 fully saturated rings. The van der Waals surface area contributed by atoms with E-state index in [1.807, 2.05) is 0 Å². The molecule has 1 aliphatic heterocycles. The highest BCUT2D eigenvalue weighted by molar-refractivity contribution is 6.45. The molecule has 1 aliphatic rings. The number of Topliss-reactive ketones (excluding diaryl/α,β-unsaturated/α-hetero) is 1. The Hall–Kier alpha value is -1.35. The van der Waals surface area contributed by atoms with Crippen LogP contribution >= 0.6 is 11.6 Å². The van der Waals surface area contributed by atoms with Crippen molar-refractivity contribution < 1.29 is 9.59 Å². The van der Waals surface area contributed by atoms with E-state index in [-0.39, 0.29) is 12.2 Å². The number of amides is 1. The molecule has 0 saturated carbocycles. The summed E-state index contributed by atoms with van der Waals surface area (Å²) in [5.74, 6) is -0.803. The highest BCUT2D eigenvalue weighted by Crippen LogP contribution is 2.27. The second-order valence-corrected chi connectivity index (χ2v) is 3.49. The lowest BCUT2D eigenvalue weighted by atomic mass is 10.3. The Bertz CT molecular complexity index is 403. The number of halogens is 1. The first-order chi connectivity index (χ1) is 6.70. The monoisotopic (exact) mass is 209 g/mol. The Morgan fingerprint density at radius 2 is 1.93 bits per heavy atom. The summed E-state index contributed by atoms with van der Waals surface area (Å²) in [7, 11) is 0. The quantitative estimate of drug-likeness (QED) is 0.660.